The van der Waals surface area contributed by atoms with Gasteiger partial charge in [-0.2, -0.15) is 17.6 Å². The summed E-state index contributed by atoms with van der Waals surface area (Å²) < 4.78 is 61.8. The van der Waals surface area contributed by atoms with E-state index in [0.717, 1.165) is 0 Å². The zero-order chi connectivity index (χ0) is 13.4. The molecule has 1 amide bonds. The van der Waals surface area contributed by atoms with E-state index in [1.807, 2.05) is 0 Å². The molecule has 16 heavy (non-hydrogen) atoms. The molecule has 0 saturated heterocycles. The van der Waals surface area contributed by atoms with E-state index >= 15 is 0 Å². The van der Waals surface area contributed by atoms with Gasteiger partial charge in [-0.3, -0.25) is 9.52 Å². The molecule has 0 rings (SSSR count). The molecule has 0 saturated carbocycles. The Labute approximate surface area is 97.1 Å². The molecular weight excluding hydrogens is 274 g/mol. The predicted molar refractivity (Wildman–Crippen MR) is 51.5 cm³/mol. The lowest BCUT2D eigenvalue weighted by molar-refractivity contribution is -0.127. The number of carbonyl (C=O) groups is 1. The van der Waals surface area contributed by atoms with Crippen molar-refractivity contribution in [3.05, 3.63) is 0 Å². The average Bonchev–Trinajstić information content (AvgIpc) is 1.99. The number of rotatable bonds is 3. The molecule has 0 heterocycles. The van der Waals surface area contributed by atoms with E-state index in [4.69, 9.17) is 0 Å². The predicted octanol–water partition coefficient (Wildman–Crippen LogP) is 2.24. The quantitative estimate of drug-likeness (QED) is 0.638. The first kappa shape index (κ1) is 15.6. The third-order valence-corrected chi connectivity index (χ3v) is 2.87. The molecule has 0 radical (unpaired) electrons. The zero-order valence-corrected chi connectivity index (χ0v) is 10.2. The fourth-order valence-electron chi connectivity index (χ4n) is 0.406. The standard InChI is InChI=1S/C7H10ClF4NO2S/c1-5(2,3)4(14)13-16(15)7(11,12)6(8,9)10/h1-3H3,(H,13,14). The molecular formula is C7H10ClF4NO2S. The van der Waals surface area contributed by atoms with E-state index in [1.165, 1.54) is 25.5 Å². The van der Waals surface area contributed by atoms with Gasteiger partial charge < -0.3 is 0 Å². The lowest BCUT2D eigenvalue weighted by atomic mass is 9.96. The highest BCUT2D eigenvalue weighted by Crippen LogP contribution is 2.39. The largest absolute Gasteiger partial charge is 0.415 e. The molecule has 96 valence electrons. The SMILES string of the molecule is CC(C)(C)C(=O)NS(=O)C(F)(F)C(F)(F)Cl. The Balaban J connectivity index is 4.80. The van der Waals surface area contributed by atoms with Crippen LogP contribution >= 0.6 is 11.6 Å². The molecule has 1 N–H and O–H groups in total. The topological polar surface area (TPSA) is 46.2 Å². The number of halogens is 5. The smallest absolute Gasteiger partial charge is 0.274 e. The van der Waals surface area contributed by atoms with Gasteiger partial charge in [-0.1, -0.05) is 20.8 Å². The van der Waals surface area contributed by atoms with Gasteiger partial charge in [0.1, 0.15) is 0 Å². The number of hydrogen-bond acceptors (Lipinski definition) is 2. The van der Waals surface area contributed by atoms with E-state index in [9.17, 15) is 26.6 Å². The third kappa shape index (κ3) is 3.58. The van der Waals surface area contributed by atoms with Crippen molar-refractivity contribution in [1.82, 2.24) is 4.72 Å². The van der Waals surface area contributed by atoms with Crippen molar-refractivity contribution in [3.8, 4) is 0 Å². The molecule has 0 aromatic rings. The maximum atomic E-state index is 12.7. The Bertz CT molecular complexity index is 310. The fourth-order valence-corrected chi connectivity index (χ4v) is 1.43. The second-order valence-electron chi connectivity index (χ2n) is 3.96. The van der Waals surface area contributed by atoms with Crippen molar-refractivity contribution in [1.29, 1.82) is 0 Å². The minimum atomic E-state index is -5.03. The Morgan fingerprint density at radius 3 is 1.81 bits per heavy atom. The van der Waals surface area contributed by atoms with Crippen LogP contribution in [0.15, 0.2) is 0 Å². The third-order valence-electron chi connectivity index (χ3n) is 1.43. The Hall–Kier alpha value is -0.370. The molecule has 1 atom stereocenters. The number of alkyl halides is 5. The second kappa shape index (κ2) is 4.48. The summed E-state index contributed by atoms with van der Waals surface area (Å²) in [6, 6.07) is 0. The first-order valence-corrected chi connectivity index (χ1v) is 5.50. The highest BCUT2D eigenvalue weighted by Gasteiger charge is 2.61. The highest BCUT2D eigenvalue weighted by atomic mass is 35.5. The Kier molecular flexibility index (Phi) is 4.38. The van der Waals surface area contributed by atoms with E-state index in [2.05, 4.69) is 11.6 Å². The Morgan fingerprint density at radius 1 is 1.19 bits per heavy atom. The van der Waals surface area contributed by atoms with Gasteiger partial charge >= 0.3 is 10.6 Å². The van der Waals surface area contributed by atoms with Gasteiger partial charge in [0, 0.05) is 5.41 Å². The van der Waals surface area contributed by atoms with Crippen LogP contribution < -0.4 is 4.72 Å². The summed E-state index contributed by atoms with van der Waals surface area (Å²) in [6.45, 7) is 4.03. The Morgan fingerprint density at radius 2 is 1.56 bits per heavy atom. The van der Waals surface area contributed by atoms with Crippen LogP contribution in [-0.4, -0.2) is 20.8 Å². The summed E-state index contributed by atoms with van der Waals surface area (Å²) in [5, 5.41) is -10.0. The molecule has 0 spiro atoms. The van der Waals surface area contributed by atoms with E-state index < -0.39 is 32.9 Å². The molecule has 0 aliphatic heterocycles. The lowest BCUT2D eigenvalue weighted by Gasteiger charge is -2.23. The van der Waals surface area contributed by atoms with Gasteiger partial charge in [0.05, 0.1) is 0 Å². The van der Waals surface area contributed by atoms with Gasteiger partial charge in [-0.05, 0) is 11.6 Å². The van der Waals surface area contributed by atoms with E-state index in [-0.39, 0.29) is 0 Å². The maximum Gasteiger partial charge on any atom is 0.415 e. The van der Waals surface area contributed by atoms with Crippen molar-refractivity contribution < 1.29 is 26.6 Å². The molecule has 0 bridgehead atoms. The van der Waals surface area contributed by atoms with Crippen molar-refractivity contribution in [2.24, 2.45) is 5.41 Å². The highest BCUT2D eigenvalue weighted by molar-refractivity contribution is 7.84. The molecule has 0 aromatic carbocycles. The van der Waals surface area contributed by atoms with Gasteiger partial charge in [-0.25, -0.2) is 4.21 Å². The number of nitrogens with one attached hydrogen (secondary N) is 1. The normalized spacial score (nSPS) is 15.8. The van der Waals surface area contributed by atoms with E-state index in [1.54, 1.807) is 0 Å². The van der Waals surface area contributed by atoms with Crippen molar-refractivity contribution in [2.45, 2.75) is 31.4 Å². The van der Waals surface area contributed by atoms with Crippen molar-refractivity contribution in [2.75, 3.05) is 0 Å². The molecule has 0 aliphatic carbocycles. The van der Waals surface area contributed by atoms with Crippen LogP contribution in [0, 0.1) is 5.41 Å². The number of hydrogen-bond donors (Lipinski definition) is 1. The lowest BCUT2D eigenvalue weighted by Crippen LogP contribution is -2.49. The van der Waals surface area contributed by atoms with Crippen LogP contribution in [0.5, 0.6) is 0 Å². The van der Waals surface area contributed by atoms with Crippen LogP contribution in [0.1, 0.15) is 20.8 Å². The van der Waals surface area contributed by atoms with Gasteiger partial charge in [0.25, 0.3) is 0 Å². The van der Waals surface area contributed by atoms with Crippen molar-refractivity contribution in [3.63, 3.8) is 0 Å². The van der Waals surface area contributed by atoms with Gasteiger partial charge in [-0.15, -0.1) is 0 Å². The monoisotopic (exact) mass is 283 g/mol. The second-order valence-corrected chi connectivity index (χ2v) is 5.69. The van der Waals surface area contributed by atoms with Crippen LogP contribution in [0.4, 0.5) is 17.6 Å². The van der Waals surface area contributed by atoms with Crippen LogP contribution in [0.2, 0.25) is 0 Å². The van der Waals surface area contributed by atoms with Crippen LogP contribution in [0.3, 0.4) is 0 Å². The zero-order valence-electron chi connectivity index (χ0n) is 8.61. The molecule has 0 fully saturated rings. The first-order valence-electron chi connectivity index (χ1n) is 3.97. The summed E-state index contributed by atoms with van der Waals surface area (Å²) in [6.07, 6.45) is 0. The number of carbonyl (C=O) groups excluding carboxylic acids is 1. The summed E-state index contributed by atoms with van der Waals surface area (Å²) >= 11 is 4.09. The minimum absolute atomic E-state index is 1.05. The molecule has 1 unspecified atom stereocenters. The van der Waals surface area contributed by atoms with Crippen molar-refractivity contribution >= 4 is 28.5 Å². The average molecular weight is 284 g/mol. The summed E-state index contributed by atoms with van der Waals surface area (Å²) in [4.78, 5) is 11.1. The molecule has 3 nitrogen and oxygen atoms in total. The van der Waals surface area contributed by atoms with Gasteiger partial charge in [0.15, 0.2) is 11.0 Å². The summed E-state index contributed by atoms with van der Waals surface area (Å²) in [7, 11) is -3.59. The molecule has 0 aromatic heterocycles. The summed E-state index contributed by atoms with van der Waals surface area (Å²) in [5.41, 5.74) is -1.13. The fraction of sp³-hybridized carbons (Fsp3) is 0.857. The summed E-state index contributed by atoms with van der Waals surface area (Å²) in [5.74, 6) is -1.05. The first-order chi connectivity index (χ1) is 6.80. The van der Waals surface area contributed by atoms with Crippen LogP contribution in [0.25, 0.3) is 0 Å². The number of amides is 1. The van der Waals surface area contributed by atoms with E-state index in [0.29, 0.717) is 0 Å². The van der Waals surface area contributed by atoms with Crippen LogP contribution in [-0.2, 0) is 15.8 Å². The molecule has 0 aliphatic rings. The van der Waals surface area contributed by atoms with Gasteiger partial charge in [0.2, 0.25) is 5.91 Å². The molecule has 9 heteroatoms. The maximum absolute atomic E-state index is 12.7. The minimum Gasteiger partial charge on any atom is -0.274 e.